The fourth-order valence-electron chi connectivity index (χ4n) is 3.02. The van der Waals surface area contributed by atoms with Crippen molar-refractivity contribution in [3.63, 3.8) is 0 Å². The largest absolute Gasteiger partial charge is 0.324 e. The van der Waals surface area contributed by atoms with Gasteiger partial charge < -0.3 is 5.73 Å². The number of hydrogen-bond acceptors (Lipinski definition) is 3. The van der Waals surface area contributed by atoms with Crippen molar-refractivity contribution in [2.24, 2.45) is 11.1 Å². The van der Waals surface area contributed by atoms with E-state index in [1.165, 1.54) is 12.1 Å². The standard InChI is InChI=1S/C17H20FN3/c1-17(2)8-14(19)13-10-20-16(21-15(13)9-17)7-11-3-5-12(18)6-4-11/h3-6,10,14H,7-9,19H2,1-2H3. The summed E-state index contributed by atoms with van der Waals surface area (Å²) in [6.45, 7) is 4.44. The van der Waals surface area contributed by atoms with Crippen LogP contribution in [0.15, 0.2) is 30.5 Å². The molecule has 0 bridgehead atoms. The van der Waals surface area contributed by atoms with Crippen molar-refractivity contribution >= 4 is 0 Å². The molecule has 1 unspecified atom stereocenters. The van der Waals surface area contributed by atoms with Crippen LogP contribution in [0, 0.1) is 11.2 Å². The molecule has 3 rings (SSSR count). The molecule has 21 heavy (non-hydrogen) atoms. The molecule has 0 spiro atoms. The van der Waals surface area contributed by atoms with Crippen molar-refractivity contribution in [3.8, 4) is 0 Å². The van der Waals surface area contributed by atoms with Crippen molar-refractivity contribution in [1.29, 1.82) is 0 Å². The molecule has 4 heteroatoms. The van der Waals surface area contributed by atoms with Gasteiger partial charge in [-0.15, -0.1) is 0 Å². The number of hydrogen-bond donors (Lipinski definition) is 1. The molecule has 0 aliphatic heterocycles. The van der Waals surface area contributed by atoms with Crippen LogP contribution in [0.5, 0.6) is 0 Å². The van der Waals surface area contributed by atoms with Crippen LogP contribution in [0.1, 0.15) is 49.0 Å². The number of fused-ring (bicyclic) bond motifs is 1. The Balaban J connectivity index is 1.87. The van der Waals surface area contributed by atoms with Crippen LogP contribution in [0.2, 0.25) is 0 Å². The van der Waals surface area contributed by atoms with E-state index in [2.05, 4.69) is 18.8 Å². The highest BCUT2D eigenvalue weighted by Crippen LogP contribution is 2.38. The second-order valence-corrected chi connectivity index (χ2v) is 6.64. The molecule has 1 aromatic carbocycles. The normalized spacial score (nSPS) is 20.1. The Bertz CT molecular complexity index is 650. The Labute approximate surface area is 124 Å². The van der Waals surface area contributed by atoms with Gasteiger partial charge in [0.2, 0.25) is 0 Å². The van der Waals surface area contributed by atoms with Gasteiger partial charge in [0, 0.05) is 29.9 Å². The lowest BCUT2D eigenvalue weighted by molar-refractivity contribution is 0.277. The van der Waals surface area contributed by atoms with E-state index in [1.54, 1.807) is 12.1 Å². The molecule has 2 aromatic rings. The summed E-state index contributed by atoms with van der Waals surface area (Å²) in [5.74, 6) is 0.545. The molecule has 1 atom stereocenters. The summed E-state index contributed by atoms with van der Waals surface area (Å²) in [6, 6.07) is 6.49. The molecule has 3 nitrogen and oxygen atoms in total. The van der Waals surface area contributed by atoms with Gasteiger partial charge in [0.25, 0.3) is 0 Å². The van der Waals surface area contributed by atoms with E-state index in [1.807, 2.05) is 6.20 Å². The minimum atomic E-state index is -0.224. The van der Waals surface area contributed by atoms with Gasteiger partial charge >= 0.3 is 0 Å². The first-order valence-corrected chi connectivity index (χ1v) is 7.28. The van der Waals surface area contributed by atoms with Crippen LogP contribution < -0.4 is 5.73 Å². The monoisotopic (exact) mass is 285 g/mol. The van der Waals surface area contributed by atoms with E-state index in [0.29, 0.717) is 6.42 Å². The Morgan fingerprint density at radius 3 is 2.71 bits per heavy atom. The van der Waals surface area contributed by atoms with E-state index in [9.17, 15) is 4.39 Å². The van der Waals surface area contributed by atoms with E-state index in [4.69, 9.17) is 10.7 Å². The summed E-state index contributed by atoms with van der Waals surface area (Å²) in [4.78, 5) is 9.12. The molecule has 0 saturated heterocycles. The first-order chi connectivity index (χ1) is 9.93. The number of aromatic nitrogens is 2. The molecule has 1 aliphatic carbocycles. The van der Waals surface area contributed by atoms with Crippen LogP contribution in [0.4, 0.5) is 4.39 Å². The van der Waals surface area contributed by atoms with Crippen molar-refractivity contribution in [1.82, 2.24) is 9.97 Å². The number of benzene rings is 1. The molecule has 1 aliphatic rings. The molecule has 110 valence electrons. The van der Waals surface area contributed by atoms with E-state index in [0.717, 1.165) is 35.5 Å². The summed E-state index contributed by atoms with van der Waals surface area (Å²) < 4.78 is 12.9. The van der Waals surface area contributed by atoms with Gasteiger partial charge in [-0.05, 0) is 36.0 Å². The minimum Gasteiger partial charge on any atom is -0.324 e. The molecule has 0 saturated carbocycles. The topological polar surface area (TPSA) is 51.8 Å². The zero-order valence-electron chi connectivity index (χ0n) is 12.4. The van der Waals surface area contributed by atoms with Crippen molar-refractivity contribution < 1.29 is 4.39 Å². The van der Waals surface area contributed by atoms with Crippen LogP contribution >= 0.6 is 0 Å². The number of rotatable bonds is 2. The first-order valence-electron chi connectivity index (χ1n) is 7.28. The summed E-state index contributed by atoms with van der Waals surface area (Å²) in [5, 5.41) is 0. The van der Waals surface area contributed by atoms with Crippen molar-refractivity contribution in [3.05, 3.63) is 58.9 Å². The van der Waals surface area contributed by atoms with Gasteiger partial charge in [-0.2, -0.15) is 0 Å². The Hall–Kier alpha value is -1.81. The summed E-state index contributed by atoms with van der Waals surface area (Å²) in [7, 11) is 0. The molecule has 0 radical (unpaired) electrons. The van der Waals surface area contributed by atoms with Gasteiger partial charge in [0.15, 0.2) is 0 Å². The third-order valence-electron chi connectivity index (χ3n) is 4.04. The summed E-state index contributed by atoms with van der Waals surface area (Å²) in [6.07, 6.45) is 4.36. The Morgan fingerprint density at radius 1 is 1.29 bits per heavy atom. The first kappa shape index (κ1) is 14.1. The third-order valence-corrected chi connectivity index (χ3v) is 4.04. The Kier molecular flexibility index (Phi) is 3.49. The predicted octanol–water partition coefficient (Wildman–Crippen LogP) is 3.18. The zero-order valence-corrected chi connectivity index (χ0v) is 12.4. The minimum absolute atomic E-state index is 0.0172. The second kappa shape index (κ2) is 5.19. The maximum Gasteiger partial charge on any atom is 0.132 e. The third kappa shape index (κ3) is 3.10. The van der Waals surface area contributed by atoms with Crippen LogP contribution in [0.3, 0.4) is 0 Å². The SMILES string of the molecule is CC1(C)Cc2nc(Cc3ccc(F)cc3)ncc2C(N)C1. The van der Waals surface area contributed by atoms with E-state index in [-0.39, 0.29) is 17.3 Å². The summed E-state index contributed by atoms with van der Waals surface area (Å²) in [5.41, 5.74) is 9.53. The van der Waals surface area contributed by atoms with Crippen molar-refractivity contribution in [2.75, 3.05) is 0 Å². The summed E-state index contributed by atoms with van der Waals surface area (Å²) >= 11 is 0. The van der Waals surface area contributed by atoms with Crippen LogP contribution in [-0.2, 0) is 12.8 Å². The van der Waals surface area contributed by atoms with E-state index < -0.39 is 0 Å². The van der Waals surface area contributed by atoms with Crippen LogP contribution in [-0.4, -0.2) is 9.97 Å². The number of nitrogens with zero attached hydrogens (tertiary/aromatic N) is 2. The molecular weight excluding hydrogens is 265 g/mol. The average molecular weight is 285 g/mol. The lowest BCUT2D eigenvalue weighted by Crippen LogP contribution is -2.31. The molecule has 0 amide bonds. The van der Waals surface area contributed by atoms with Gasteiger partial charge in [-0.3, -0.25) is 0 Å². The quantitative estimate of drug-likeness (QED) is 0.922. The van der Waals surface area contributed by atoms with Crippen LogP contribution in [0.25, 0.3) is 0 Å². The predicted molar refractivity (Wildman–Crippen MR) is 80.3 cm³/mol. The maximum absolute atomic E-state index is 12.9. The lowest BCUT2D eigenvalue weighted by Gasteiger charge is -2.34. The fourth-order valence-corrected chi connectivity index (χ4v) is 3.02. The Morgan fingerprint density at radius 2 is 2.00 bits per heavy atom. The van der Waals surface area contributed by atoms with Gasteiger partial charge in [0.05, 0.1) is 0 Å². The maximum atomic E-state index is 12.9. The zero-order chi connectivity index (χ0) is 15.0. The molecule has 1 heterocycles. The van der Waals surface area contributed by atoms with Gasteiger partial charge in [-0.1, -0.05) is 26.0 Å². The van der Waals surface area contributed by atoms with Gasteiger partial charge in [0.1, 0.15) is 11.6 Å². The smallest absolute Gasteiger partial charge is 0.132 e. The van der Waals surface area contributed by atoms with E-state index >= 15 is 0 Å². The van der Waals surface area contributed by atoms with Crippen molar-refractivity contribution in [2.45, 2.75) is 39.2 Å². The number of nitrogens with two attached hydrogens (primary N) is 1. The number of halogens is 1. The lowest BCUT2D eigenvalue weighted by atomic mass is 9.74. The molecule has 1 aromatic heterocycles. The highest BCUT2D eigenvalue weighted by atomic mass is 19.1. The average Bonchev–Trinajstić information content (AvgIpc) is 2.39. The fraction of sp³-hybridized carbons (Fsp3) is 0.412. The highest BCUT2D eigenvalue weighted by molar-refractivity contribution is 5.28. The second-order valence-electron chi connectivity index (χ2n) is 6.64. The van der Waals surface area contributed by atoms with Gasteiger partial charge in [-0.25, -0.2) is 14.4 Å². The molecule has 0 fully saturated rings. The molecule has 2 N–H and O–H groups in total. The molecular formula is C17H20FN3. The highest BCUT2D eigenvalue weighted by Gasteiger charge is 2.31.